The monoisotopic (exact) mass is 248 g/mol. The van der Waals surface area contributed by atoms with Crippen molar-refractivity contribution in [3.8, 4) is 0 Å². The summed E-state index contributed by atoms with van der Waals surface area (Å²) < 4.78 is 0. The summed E-state index contributed by atoms with van der Waals surface area (Å²) >= 11 is 0. The number of nitrogens with one attached hydrogen (secondary N) is 1. The molecule has 18 heavy (non-hydrogen) atoms. The first kappa shape index (κ1) is 11.6. The third kappa shape index (κ3) is 2.25. The summed E-state index contributed by atoms with van der Waals surface area (Å²) in [6, 6.07) is 1.09. The normalized spacial score (nSPS) is 28.1. The van der Waals surface area contributed by atoms with E-state index in [0.29, 0.717) is 29.8 Å². The van der Waals surface area contributed by atoms with Gasteiger partial charge in [-0.15, -0.1) is 0 Å². The van der Waals surface area contributed by atoms with E-state index in [1.165, 1.54) is 32.4 Å². The second-order valence-electron chi connectivity index (χ2n) is 5.20. The number of aryl methyl sites for hydroxylation is 1. The molecule has 2 saturated heterocycles. The van der Waals surface area contributed by atoms with E-state index in [1.807, 2.05) is 6.92 Å². The Morgan fingerprint density at radius 2 is 2.06 bits per heavy atom. The predicted molar refractivity (Wildman–Crippen MR) is 70.2 cm³/mol. The highest BCUT2D eigenvalue weighted by Gasteiger charge is 2.35. The molecule has 2 fully saturated rings. The number of anilines is 2. The first-order valence-electron chi connectivity index (χ1n) is 6.71. The summed E-state index contributed by atoms with van der Waals surface area (Å²) in [6.07, 6.45) is 5.10. The zero-order valence-electron chi connectivity index (χ0n) is 10.8. The van der Waals surface area contributed by atoms with Crippen molar-refractivity contribution in [3.63, 3.8) is 0 Å². The Morgan fingerprint density at radius 1 is 1.17 bits per heavy atom. The number of nitrogens with two attached hydrogens (primary N) is 1. The lowest BCUT2D eigenvalue weighted by atomic mass is 9.99. The lowest BCUT2D eigenvalue weighted by Crippen LogP contribution is -2.42. The molecule has 0 radical (unpaired) electrons. The summed E-state index contributed by atoms with van der Waals surface area (Å²) in [5.74, 6) is 1.59. The third-order valence-corrected chi connectivity index (χ3v) is 3.94. The van der Waals surface area contributed by atoms with Crippen LogP contribution in [-0.4, -0.2) is 45.0 Å². The molecule has 3 heterocycles. The highest BCUT2D eigenvalue weighted by molar-refractivity contribution is 5.33. The van der Waals surface area contributed by atoms with Gasteiger partial charge in [0.2, 0.25) is 11.9 Å². The van der Waals surface area contributed by atoms with E-state index < -0.39 is 0 Å². The number of nitrogen functional groups attached to an aromatic ring is 1. The molecule has 2 unspecified atom stereocenters. The quantitative estimate of drug-likeness (QED) is 0.806. The predicted octanol–water partition coefficient (Wildman–Crippen LogP) is 0.801. The smallest absolute Gasteiger partial charge is 0.228 e. The molecule has 0 spiro atoms. The number of hydrogen-bond donors (Lipinski definition) is 2. The fourth-order valence-corrected chi connectivity index (χ4v) is 3.15. The lowest BCUT2D eigenvalue weighted by molar-refractivity contribution is 0.192. The summed E-state index contributed by atoms with van der Waals surface area (Å²) in [4.78, 5) is 15.0. The van der Waals surface area contributed by atoms with E-state index in [1.54, 1.807) is 0 Å². The van der Waals surface area contributed by atoms with Gasteiger partial charge in [-0.3, -0.25) is 4.90 Å². The molecule has 2 aliphatic rings. The minimum absolute atomic E-state index is 0.295. The van der Waals surface area contributed by atoms with Gasteiger partial charge in [-0.2, -0.15) is 15.0 Å². The maximum Gasteiger partial charge on any atom is 0.228 e. The molecule has 0 aliphatic carbocycles. The zero-order valence-corrected chi connectivity index (χ0v) is 10.8. The molecule has 6 nitrogen and oxygen atoms in total. The van der Waals surface area contributed by atoms with E-state index in [-0.39, 0.29) is 0 Å². The van der Waals surface area contributed by atoms with Crippen molar-refractivity contribution in [3.05, 3.63) is 5.82 Å². The highest BCUT2D eigenvalue weighted by Crippen LogP contribution is 2.28. The fraction of sp³-hybridized carbons (Fsp3) is 0.750. The number of aromatic nitrogens is 3. The second kappa shape index (κ2) is 4.68. The first-order valence-corrected chi connectivity index (χ1v) is 6.71. The van der Waals surface area contributed by atoms with Gasteiger partial charge in [0.15, 0.2) is 0 Å². The topological polar surface area (TPSA) is 80.0 Å². The van der Waals surface area contributed by atoms with Crippen molar-refractivity contribution < 1.29 is 0 Å². The maximum absolute atomic E-state index is 5.65. The van der Waals surface area contributed by atoms with Gasteiger partial charge >= 0.3 is 0 Å². The van der Waals surface area contributed by atoms with Gasteiger partial charge in [-0.25, -0.2) is 0 Å². The van der Waals surface area contributed by atoms with Crippen LogP contribution in [0, 0.1) is 6.92 Å². The molecule has 3 rings (SSSR count). The maximum atomic E-state index is 5.65. The van der Waals surface area contributed by atoms with Gasteiger partial charge in [0, 0.05) is 18.6 Å². The highest BCUT2D eigenvalue weighted by atomic mass is 15.3. The summed E-state index contributed by atoms with van der Waals surface area (Å²) in [5, 5.41) is 3.44. The van der Waals surface area contributed by atoms with Gasteiger partial charge in [-0.05, 0) is 32.7 Å². The number of piperidine rings is 1. The molecule has 1 aromatic heterocycles. The molecule has 6 heteroatoms. The van der Waals surface area contributed by atoms with Crippen molar-refractivity contribution in [1.82, 2.24) is 19.9 Å². The van der Waals surface area contributed by atoms with E-state index in [4.69, 9.17) is 5.73 Å². The standard InChI is InChI=1S/C12H20N6/c1-8-14-11(13)17-12(15-8)16-9-5-7-18-6-3-2-4-10(9)18/h9-10H,2-7H2,1H3,(H3,13,14,15,16,17). The van der Waals surface area contributed by atoms with Crippen molar-refractivity contribution in [1.29, 1.82) is 0 Å². The van der Waals surface area contributed by atoms with Crippen LogP contribution in [0.4, 0.5) is 11.9 Å². The molecule has 98 valence electrons. The number of rotatable bonds is 2. The molecular weight excluding hydrogens is 228 g/mol. The molecule has 3 N–H and O–H groups in total. The Kier molecular flexibility index (Phi) is 3.03. The van der Waals surface area contributed by atoms with Crippen molar-refractivity contribution in [2.75, 3.05) is 24.1 Å². The van der Waals surface area contributed by atoms with Gasteiger partial charge < -0.3 is 11.1 Å². The van der Waals surface area contributed by atoms with Crippen molar-refractivity contribution in [2.45, 2.75) is 44.7 Å². The lowest BCUT2D eigenvalue weighted by Gasteiger charge is -2.32. The van der Waals surface area contributed by atoms with Gasteiger partial charge in [0.05, 0.1) is 0 Å². The molecule has 2 aliphatic heterocycles. The Bertz CT molecular complexity index is 414. The van der Waals surface area contributed by atoms with Crippen LogP contribution in [-0.2, 0) is 0 Å². The summed E-state index contributed by atoms with van der Waals surface area (Å²) in [7, 11) is 0. The molecule has 2 atom stereocenters. The Morgan fingerprint density at radius 3 is 2.89 bits per heavy atom. The molecule has 0 aromatic carbocycles. The van der Waals surface area contributed by atoms with Gasteiger partial charge in [-0.1, -0.05) is 6.42 Å². The SMILES string of the molecule is Cc1nc(N)nc(NC2CCN3CCCCC23)n1. The Hall–Kier alpha value is -1.43. The van der Waals surface area contributed by atoms with Crippen molar-refractivity contribution in [2.24, 2.45) is 0 Å². The van der Waals surface area contributed by atoms with Crippen molar-refractivity contribution >= 4 is 11.9 Å². The molecule has 0 saturated carbocycles. The average Bonchev–Trinajstić information content (AvgIpc) is 2.72. The number of hydrogen-bond acceptors (Lipinski definition) is 6. The van der Waals surface area contributed by atoms with Crippen LogP contribution in [0.5, 0.6) is 0 Å². The average molecular weight is 248 g/mol. The minimum atomic E-state index is 0.295. The van der Waals surface area contributed by atoms with Crippen LogP contribution < -0.4 is 11.1 Å². The molecule has 0 amide bonds. The zero-order chi connectivity index (χ0) is 12.5. The van der Waals surface area contributed by atoms with Crippen LogP contribution in [0.25, 0.3) is 0 Å². The van der Waals surface area contributed by atoms with Gasteiger partial charge in [0.25, 0.3) is 0 Å². The van der Waals surface area contributed by atoms with Crippen LogP contribution in [0.3, 0.4) is 0 Å². The third-order valence-electron chi connectivity index (χ3n) is 3.94. The number of fused-ring (bicyclic) bond motifs is 1. The second-order valence-corrected chi connectivity index (χ2v) is 5.20. The first-order chi connectivity index (χ1) is 8.72. The van der Waals surface area contributed by atoms with Gasteiger partial charge in [0.1, 0.15) is 5.82 Å². The van der Waals surface area contributed by atoms with Crippen LogP contribution >= 0.6 is 0 Å². The van der Waals surface area contributed by atoms with E-state index in [9.17, 15) is 0 Å². The summed E-state index contributed by atoms with van der Waals surface area (Å²) in [5.41, 5.74) is 5.65. The molecular formula is C12H20N6. The van der Waals surface area contributed by atoms with Crippen LogP contribution in [0.1, 0.15) is 31.5 Å². The molecule has 1 aromatic rings. The number of nitrogens with zero attached hydrogens (tertiary/aromatic N) is 4. The summed E-state index contributed by atoms with van der Waals surface area (Å²) in [6.45, 7) is 4.26. The van der Waals surface area contributed by atoms with E-state index in [2.05, 4.69) is 25.2 Å². The van der Waals surface area contributed by atoms with E-state index >= 15 is 0 Å². The largest absolute Gasteiger partial charge is 0.368 e. The molecule has 0 bridgehead atoms. The Balaban J connectivity index is 1.72. The van der Waals surface area contributed by atoms with Crippen LogP contribution in [0.15, 0.2) is 0 Å². The van der Waals surface area contributed by atoms with Crippen LogP contribution in [0.2, 0.25) is 0 Å². The Labute approximate surface area is 107 Å². The minimum Gasteiger partial charge on any atom is -0.368 e. The van der Waals surface area contributed by atoms with E-state index in [0.717, 1.165) is 6.42 Å². The fourth-order valence-electron chi connectivity index (χ4n) is 3.15.